The summed E-state index contributed by atoms with van der Waals surface area (Å²) in [6.07, 6.45) is 1.56. The summed E-state index contributed by atoms with van der Waals surface area (Å²) in [6, 6.07) is 0. The summed E-state index contributed by atoms with van der Waals surface area (Å²) in [7, 11) is 4.82. The molecule has 7 heteroatoms. The molecule has 0 spiro atoms. The second-order valence-electron chi connectivity index (χ2n) is 5.45. The molecule has 3 atom stereocenters. The average Bonchev–Trinajstić information content (AvgIpc) is 2.65. The highest BCUT2D eigenvalue weighted by Crippen LogP contribution is 2.43. The van der Waals surface area contributed by atoms with Crippen molar-refractivity contribution < 1.29 is 28.4 Å². The summed E-state index contributed by atoms with van der Waals surface area (Å²) in [5.74, 6) is -3.43. The molecule has 0 aliphatic rings. The lowest BCUT2D eigenvalue weighted by atomic mass is 10.1. The van der Waals surface area contributed by atoms with E-state index in [0.717, 1.165) is 0 Å². The molecular formula is C18H39NO6. The van der Waals surface area contributed by atoms with Crippen LogP contribution >= 0.6 is 0 Å². The van der Waals surface area contributed by atoms with E-state index in [0.29, 0.717) is 39.1 Å². The quantitative estimate of drug-likeness (QED) is 0.411. The third-order valence-corrected chi connectivity index (χ3v) is 4.43. The lowest BCUT2D eigenvalue weighted by molar-refractivity contribution is -0.502. The van der Waals surface area contributed by atoms with E-state index < -0.39 is 17.7 Å². The number of nitrogens with zero attached hydrogens (tertiary/aromatic N) is 1. The topological polar surface area (TPSA) is 58.6 Å². The van der Waals surface area contributed by atoms with E-state index in [9.17, 15) is 0 Å². The number of ether oxygens (including phenoxy) is 6. The molecule has 0 fully saturated rings. The zero-order chi connectivity index (χ0) is 19.6. The molecule has 0 bridgehead atoms. The SMILES string of the molecule is CCOC(CC)(OC)N(C(CC)(OC)OCC)C(CC)(OC)OCC. The van der Waals surface area contributed by atoms with Crippen LogP contribution in [0.4, 0.5) is 0 Å². The minimum atomic E-state index is -1.14. The van der Waals surface area contributed by atoms with Gasteiger partial charge in [-0.15, -0.1) is 4.90 Å². The Labute approximate surface area is 153 Å². The van der Waals surface area contributed by atoms with Crippen LogP contribution in [-0.2, 0) is 28.4 Å². The Morgan fingerprint density at radius 2 is 0.760 bits per heavy atom. The molecule has 0 N–H and O–H groups in total. The first kappa shape index (κ1) is 24.7. The highest BCUT2D eigenvalue weighted by Gasteiger charge is 2.60. The van der Waals surface area contributed by atoms with Gasteiger partial charge in [0.1, 0.15) is 0 Å². The number of rotatable bonds is 15. The van der Waals surface area contributed by atoms with Gasteiger partial charge in [0.25, 0.3) is 0 Å². The molecular weight excluding hydrogens is 326 g/mol. The molecule has 152 valence electrons. The van der Waals surface area contributed by atoms with E-state index in [1.165, 1.54) is 0 Å². The molecule has 7 nitrogen and oxygen atoms in total. The number of methoxy groups -OCH3 is 3. The van der Waals surface area contributed by atoms with Gasteiger partial charge in [0, 0.05) is 60.4 Å². The van der Waals surface area contributed by atoms with E-state index in [4.69, 9.17) is 28.4 Å². The third-order valence-electron chi connectivity index (χ3n) is 4.43. The molecule has 0 aromatic heterocycles. The fraction of sp³-hybridized carbons (Fsp3) is 1.00. The minimum absolute atomic E-state index is 0.448. The van der Waals surface area contributed by atoms with Crippen LogP contribution in [0.15, 0.2) is 0 Å². The Morgan fingerprint density at radius 1 is 0.520 bits per heavy atom. The average molecular weight is 366 g/mol. The maximum atomic E-state index is 6.09. The minimum Gasteiger partial charge on any atom is -0.340 e. The summed E-state index contributed by atoms with van der Waals surface area (Å²) >= 11 is 0. The molecule has 0 aromatic carbocycles. The summed E-state index contributed by atoms with van der Waals surface area (Å²) in [4.78, 5) is 1.82. The van der Waals surface area contributed by atoms with Gasteiger partial charge in [-0.2, -0.15) is 0 Å². The zero-order valence-electron chi connectivity index (χ0n) is 17.6. The van der Waals surface area contributed by atoms with Crippen molar-refractivity contribution in [2.24, 2.45) is 0 Å². The largest absolute Gasteiger partial charge is 0.340 e. The molecule has 0 rings (SSSR count). The molecule has 0 heterocycles. The van der Waals surface area contributed by atoms with Crippen molar-refractivity contribution in [3.8, 4) is 0 Å². The molecule has 0 aliphatic carbocycles. The van der Waals surface area contributed by atoms with E-state index >= 15 is 0 Å². The molecule has 0 amide bonds. The van der Waals surface area contributed by atoms with Crippen molar-refractivity contribution in [2.75, 3.05) is 41.2 Å². The smallest absolute Gasteiger partial charge is 0.237 e. The van der Waals surface area contributed by atoms with Crippen LogP contribution in [0.3, 0.4) is 0 Å². The van der Waals surface area contributed by atoms with Crippen molar-refractivity contribution >= 4 is 0 Å². The fourth-order valence-electron chi connectivity index (χ4n) is 3.31. The van der Waals surface area contributed by atoms with Gasteiger partial charge in [-0.05, 0) is 20.8 Å². The van der Waals surface area contributed by atoms with Crippen molar-refractivity contribution in [2.45, 2.75) is 78.5 Å². The predicted molar refractivity (Wildman–Crippen MR) is 96.8 cm³/mol. The van der Waals surface area contributed by atoms with Gasteiger partial charge in [-0.1, -0.05) is 20.8 Å². The summed E-state index contributed by atoms with van der Waals surface area (Å²) in [6.45, 7) is 13.1. The maximum absolute atomic E-state index is 6.09. The fourth-order valence-corrected chi connectivity index (χ4v) is 3.31. The van der Waals surface area contributed by atoms with Crippen molar-refractivity contribution in [1.82, 2.24) is 4.90 Å². The molecule has 0 aliphatic heterocycles. The molecule has 3 unspecified atom stereocenters. The highest BCUT2D eigenvalue weighted by molar-refractivity contribution is 4.87. The highest BCUT2D eigenvalue weighted by atomic mass is 16.8. The van der Waals surface area contributed by atoms with Gasteiger partial charge in [0.05, 0.1) is 0 Å². The second kappa shape index (κ2) is 11.4. The van der Waals surface area contributed by atoms with E-state index in [1.54, 1.807) is 21.3 Å². The zero-order valence-corrected chi connectivity index (χ0v) is 17.6. The Bertz CT molecular complexity index is 288. The second-order valence-corrected chi connectivity index (χ2v) is 5.45. The summed E-state index contributed by atoms with van der Waals surface area (Å²) < 4.78 is 35.9. The van der Waals surface area contributed by atoms with E-state index in [2.05, 4.69) is 0 Å². The predicted octanol–water partition coefficient (Wildman–Crippen LogP) is 3.53. The Hall–Kier alpha value is -0.280. The number of hydrogen-bond donors (Lipinski definition) is 0. The molecule has 0 saturated carbocycles. The maximum Gasteiger partial charge on any atom is 0.237 e. The van der Waals surface area contributed by atoms with Gasteiger partial charge in [-0.3, -0.25) is 0 Å². The lowest BCUT2D eigenvalue weighted by Gasteiger charge is -2.56. The van der Waals surface area contributed by atoms with Crippen LogP contribution in [0.1, 0.15) is 60.8 Å². The van der Waals surface area contributed by atoms with Crippen LogP contribution in [-0.4, -0.2) is 63.8 Å². The standard InChI is InChI=1S/C18H39NO6/c1-10-16(20-7,23-13-4)19(17(11-2,21-8)24-14-5)18(12-3,22-9)25-15-6/h10-15H2,1-9H3. The first-order valence-electron chi connectivity index (χ1n) is 9.29. The van der Waals surface area contributed by atoms with Gasteiger partial charge >= 0.3 is 0 Å². The number of hydrogen-bond acceptors (Lipinski definition) is 7. The summed E-state index contributed by atoms with van der Waals surface area (Å²) in [5.41, 5.74) is 0. The third kappa shape index (κ3) is 4.91. The monoisotopic (exact) mass is 365 g/mol. The molecule has 0 aromatic rings. The van der Waals surface area contributed by atoms with Crippen LogP contribution in [0.25, 0.3) is 0 Å². The van der Waals surface area contributed by atoms with Crippen LogP contribution in [0.2, 0.25) is 0 Å². The van der Waals surface area contributed by atoms with Crippen molar-refractivity contribution in [1.29, 1.82) is 0 Å². The Balaban J connectivity index is 6.63. The molecule has 25 heavy (non-hydrogen) atoms. The van der Waals surface area contributed by atoms with Crippen molar-refractivity contribution in [3.05, 3.63) is 0 Å². The van der Waals surface area contributed by atoms with Gasteiger partial charge in [-0.25, -0.2) is 0 Å². The van der Waals surface area contributed by atoms with Crippen molar-refractivity contribution in [3.63, 3.8) is 0 Å². The lowest BCUT2D eigenvalue weighted by Crippen LogP contribution is -2.73. The Morgan fingerprint density at radius 3 is 0.880 bits per heavy atom. The van der Waals surface area contributed by atoms with E-state index in [1.807, 2.05) is 46.4 Å². The first-order chi connectivity index (χ1) is 11.9. The van der Waals surface area contributed by atoms with Crippen LogP contribution in [0.5, 0.6) is 0 Å². The van der Waals surface area contributed by atoms with E-state index in [-0.39, 0.29) is 0 Å². The van der Waals surface area contributed by atoms with Crippen LogP contribution in [0, 0.1) is 0 Å². The Kier molecular flexibility index (Phi) is 11.3. The normalized spacial score (nSPS) is 19.4. The first-order valence-corrected chi connectivity index (χ1v) is 9.29. The van der Waals surface area contributed by atoms with Gasteiger partial charge in [0.15, 0.2) is 0 Å². The summed E-state index contributed by atoms with van der Waals surface area (Å²) in [5, 5.41) is 0. The molecule has 0 saturated heterocycles. The van der Waals surface area contributed by atoms with Gasteiger partial charge in [0.2, 0.25) is 17.7 Å². The van der Waals surface area contributed by atoms with Gasteiger partial charge < -0.3 is 28.4 Å². The van der Waals surface area contributed by atoms with Crippen LogP contribution < -0.4 is 0 Å². The molecule has 0 radical (unpaired) electrons.